The molecule has 1 aromatic carbocycles. The molecule has 0 spiro atoms. The van der Waals surface area contributed by atoms with Gasteiger partial charge in [-0.1, -0.05) is 12.1 Å². The Kier molecular flexibility index (Phi) is 9.92. The highest BCUT2D eigenvalue weighted by Gasteiger charge is 1.94. The number of ether oxygens (including phenoxy) is 1. The Balaban J connectivity index is 0.00000256. The number of hydrogen-bond acceptors (Lipinski definition) is 3. The minimum Gasteiger partial charge on any atom is -0.508 e. The van der Waals surface area contributed by atoms with Gasteiger partial charge in [-0.2, -0.15) is 0 Å². The molecule has 0 atom stereocenters. The molecule has 17 heavy (non-hydrogen) atoms. The van der Waals surface area contributed by atoms with Gasteiger partial charge in [0.15, 0.2) is 0 Å². The summed E-state index contributed by atoms with van der Waals surface area (Å²) < 4.78 is 4.98. The van der Waals surface area contributed by atoms with E-state index in [1.807, 2.05) is 12.1 Å². The molecular weight excluding hydrogens is 238 g/mol. The number of rotatable bonds is 8. The van der Waals surface area contributed by atoms with Gasteiger partial charge in [-0.15, -0.1) is 12.4 Å². The highest BCUT2D eigenvalue weighted by atomic mass is 35.5. The normalized spacial score (nSPS) is 9.94. The number of phenols is 1. The Bertz CT molecular complexity index is 295. The van der Waals surface area contributed by atoms with Gasteiger partial charge in [-0.3, -0.25) is 0 Å². The average Bonchev–Trinajstić information content (AvgIpc) is 2.28. The van der Waals surface area contributed by atoms with Crippen LogP contribution in [0.2, 0.25) is 0 Å². The Labute approximate surface area is 110 Å². The molecule has 4 heteroatoms. The molecule has 1 aromatic rings. The zero-order chi connectivity index (χ0) is 11.6. The van der Waals surface area contributed by atoms with Crippen LogP contribution >= 0.6 is 12.4 Å². The van der Waals surface area contributed by atoms with Crippen LogP contribution in [0.3, 0.4) is 0 Å². The van der Waals surface area contributed by atoms with Gasteiger partial charge in [-0.05, 0) is 43.5 Å². The fraction of sp³-hybridized carbons (Fsp3) is 0.538. The summed E-state index contributed by atoms with van der Waals surface area (Å²) in [5, 5.41) is 12.6. The zero-order valence-corrected chi connectivity index (χ0v) is 11.1. The lowest BCUT2D eigenvalue weighted by molar-refractivity contribution is 0.192. The molecule has 0 amide bonds. The summed E-state index contributed by atoms with van der Waals surface area (Å²) in [5.74, 6) is 0.333. The molecule has 0 fully saturated rings. The maximum Gasteiger partial charge on any atom is 0.115 e. The van der Waals surface area contributed by atoms with Crippen molar-refractivity contribution in [2.45, 2.75) is 25.8 Å². The third kappa shape index (κ3) is 8.02. The fourth-order valence-corrected chi connectivity index (χ4v) is 1.57. The highest BCUT2D eigenvalue weighted by molar-refractivity contribution is 5.85. The molecule has 3 nitrogen and oxygen atoms in total. The minimum atomic E-state index is 0. The van der Waals surface area contributed by atoms with Gasteiger partial charge in [0.25, 0.3) is 0 Å². The molecule has 1 rings (SSSR count). The second-order valence-electron chi connectivity index (χ2n) is 3.90. The first kappa shape index (κ1) is 16.2. The van der Waals surface area contributed by atoms with E-state index in [1.165, 1.54) is 12.8 Å². The number of methoxy groups -OCH3 is 1. The first-order chi connectivity index (χ1) is 7.83. The molecular formula is C13H22ClNO2. The Morgan fingerprint density at radius 2 is 2.06 bits per heavy atom. The van der Waals surface area contributed by atoms with Crippen LogP contribution in [0.4, 0.5) is 0 Å². The van der Waals surface area contributed by atoms with Gasteiger partial charge < -0.3 is 15.2 Å². The third-order valence-electron chi connectivity index (χ3n) is 2.44. The lowest BCUT2D eigenvalue weighted by Gasteiger charge is -2.05. The summed E-state index contributed by atoms with van der Waals surface area (Å²) in [6.45, 7) is 2.69. The van der Waals surface area contributed by atoms with Gasteiger partial charge in [0.05, 0.1) is 0 Å². The second kappa shape index (κ2) is 10.4. The van der Waals surface area contributed by atoms with Crippen molar-refractivity contribution < 1.29 is 9.84 Å². The van der Waals surface area contributed by atoms with Crippen LogP contribution in [0.15, 0.2) is 24.3 Å². The smallest absolute Gasteiger partial charge is 0.115 e. The Hall–Kier alpha value is -0.770. The van der Waals surface area contributed by atoms with Crippen molar-refractivity contribution in [1.29, 1.82) is 0 Å². The lowest BCUT2D eigenvalue weighted by atomic mass is 10.2. The summed E-state index contributed by atoms with van der Waals surface area (Å²) in [7, 11) is 1.74. The quantitative estimate of drug-likeness (QED) is 0.706. The van der Waals surface area contributed by atoms with Crippen molar-refractivity contribution in [2.75, 3.05) is 20.3 Å². The van der Waals surface area contributed by atoms with E-state index < -0.39 is 0 Å². The van der Waals surface area contributed by atoms with Crippen LogP contribution in [-0.2, 0) is 11.3 Å². The molecule has 0 heterocycles. The van der Waals surface area contributed by atoms with Gasteiger partial charge >= 0.3 is 0 Å². The Morgan fingerprint density at radius 1 is 1.24 bits per heavy atom. The minimum absolute atomic E-state index is 0. The number of unbranched alkanes of at least 4 members (excludes halogenated alkanes) is 2. The van der Waals surface area contributed by atoms with Crippen LogP contribution in [0.5, 0.6) is 5.75 Å². The van der Waals surface area contributed by atoms with E-state index in [0.29, 0.717) is 5.75 Å². The van der Waals surface area contributed by atoms with Crippen molar-refractivity contribution in [3.8, 4) is 5.75 Å². The third-order valence-corrected chi connectivity index (χ3v) is 2.44. The van der Waals surface area contributed by atoms with Crippen LogP contribution in [0.1, 0.15) is 24.8 Å². The largest absolute Gasteiger partial charge is 0.508 e. The molecule has 0 aliphatic rings. The molecule has 2 N–H and O–H groups in total. The standard InChI is InChI=1S/C13H21NO2.ClH/c1-16-9-4-2-3-8-14-11-12-6-5-7-13(15)10-12;/h5-7,10,14-15H,2-4,8-9,11H2,1H3;1H. The summed E-state index contributed by atoms with van der Waals surface area (Å²) >= 11 is 0. The number of halogens is 1. The number of phenolic OH excluding ortho intramolecular Hbond substituents is 1. The van der Waals surface area contributed by atoms with E-state index in [-0.39, 0.29) is 12.4 Å². The average molecular weight is 260 g/mol. The molecule has 0 aliphatic carbocycles. The highest BCUT2D eigenvalue weighted by Crippen LogP contribution is 2.10. The summed E-state index contributed by atoms with van der Waals surface area (Å²) in [6.07, 6.45) is 3.49. The van der Waals surface area contributed by atoms with E-state index in [9.17, 15) is 5.11 Å². The van der Waals surface area contributed by atoms with Crippen LogP contribution in [0, 0.1) is 0 Å². The van der Waals surface area contributed by atoms with Crippen LogP contribution in [-0.4, -0.2) is 25.4 Å². The maximum atomic E-state index is 9.27. The molecule has 0 bridgehead atoms. The molecule has 0 saturated heterocycles. The van der Waals surface area contributed by atoms with Gasteiger partial charge in [0, 0.05) is 20.3 Å². The monoisotopic (exact) mass is 259 g/mol. The number of aromatic hydroxyl groups is 1. The van der Waals surface area contributed by atoms with Gasteiger partial charge in [0.2, 0.25) is 0 Å². The number of nitrogens with one attached hydrogen (secondary N) is 1. The predicted molar refractivity (Wildman–Crippen MR) is 72.8 cm³/mol. The summed E-state index contributed by atoms with van der Waals surface area (Å²) in [5.41, 5.74) is 1.12. The van der Waals surface area contributed by atoms with Crippen molar-refractivity contribution in [2.24, 2.45) is 0 Å². The van der Waals surface area contributed by atoms with E-state index in [4.69, 9.17) is 4.74 Å². The SMILES string of the molecule is COCCCCCNCc1cccc(O)c1.Cl. The number of hydrogen-bond donors (Lipinski definition) is 2. The molecule has 0 saturated carbocycles. The zero-order valence-electron chi connectivity index (χ0n) is 10.3. The van der Waals surface area contributed by atoms with Crippen molar-refractivity contribution in [3.05, 3.63) is 29.8 Å². The Morgan fingerprint density at radius 3 is 2.76 bits per heavy atom. The molecule has 0 radical (unpaired) electrons. The van der Waals surface area contributed by atoms with E-state index in [1.54, 1.807) is 19.2 Å². The van der Waals surface area contributed by atoms with E-state index in [0.717, 1.165) is 31.7 Å². The fourth-order valence-electron chi connectivity index (χ4n) is 1.57. The van der Waals surface area contributed by atoms with Crippen molar-refractivity contribution in [3.63, 3.8) is 0 Å². The van der Waals surface area contributed by atoms with E-state index in [2.05, 4.69) is 5.32 Å². The number of benzene rings is 1. The van der Waals surface area contributed by atoms with Crippen molar-refractivity contribution in [1.82, 2.24) is 5.32 Å². The van der Waals surface area contributed by atoms with Crippen LogP contribution in [0.25, 0.3) is 0 Å². The summed E-state index contributed by atoms with van der Waals surface area (Å²) in [4.78, 5) is 0. The molecule has 98 valence electrons. The second-order valence-corrected chi connectivity index (χ2v) is 3.90. The predicted octanol–water partition coefficient (Wildman–Crippen LogP) is 2.72. The van der Waals surface area contributed by atoms with Crippen molar-refractivity contribution >= 4 is 12.4 Å². The topological polar surface area (TPSA) is 41.5 Å². The first-order valence-electron chi connectivity index (χ1n) is 5.80. The maximum absolute atomic E-state index is 9.27. The van der Waals surface area contributed by atoms with Gasteiger partial charge in [-0.25, -0.2) is 0 Å². The molecule has 0 aliphatic heterocycles. The molecule has 0 unspecified atom stereocenters. The first-order valence-corrected chi connectivity index (χ1v) is 5.80. The summed E-state index contributed by atoms with van der Waals surface area (Å²) in [6, 6.07) is 7.36. The lowest BCUT2D eigenvalue weighted by Crippen LogP contribution is -2.14. The van der Waals surface area contributed by atoms with Crippen LogP contribution < -0.4 is 5.32 Å². The van der Waals surface area contributed by atoms with Gasteiger partial charge in [0.1, 0.15) is 5.75 Å². The molecule has 0 aromatic heterocycles. The van der Waals surface area contributed by atoms with E-state index >= 15 is 0 Å².